The molecule has 0 bridgehead atoms. The lowest BCUT2D eigenvalue weighted by molar-refractivity contribution is -0.207. The van der Waals surface area contributed by atoms with Crippen LogP contribution in [-0.4, -0.2) is 46.1 Å². The van der Waals surface area contributed by atoms with Crippen LogP contribution in [0.25, 0.3) is 10.9 Å². The topological polar surface area (TPSA) is 75.6 Å². The van der Waals surface area contributed by atoms with Gasteiger partial charge in [-0.1, -0.05) is 12.1 Å². The zero-order valence-corrected chi connectivity index (χ0v) is 13.3. The molecule has 0 aliphatic carbocycles. The van der Waals surface area contributed by atoms with E-state index < -0.39 is 36.5 Å². The minimum absolute atomic E-state index is 0.0999. The molecule has 2 heterocycles. The van der Waals surface area contributed by atoms with E-state index in [1.807, 2.05) is 0 Å². The minimum atomic E-state index is -5.32. The molecule has 0 amide bonds. The largest absolute Gasteiger partial charge is 0.491 e. The summed E-state index contributed by atoms with van der Waals surface area (Å²) in [4.78, 5) is 18.9. The van der Waals surface area contributed by atoms with E-state index in [4.69, 9.17) is 0 Å². The third kappa shape index (κ3) is 3.75. The van der Waals surface area contributed by atoms with Gasteiger partial charge in [-0.25, -0.2) is 14.8 Å². The summed E-state index contributed by atoms with van der Waals surface area (Å²) in [6, 6.07) is 5.56. The van der Waals surface area contributed by atoms with Gasteiger partial charge in [0.1, 0.15) is 11.9 Å². The van der Waals surface area contributed by atoms with Crippen LogP contribution in [0.3, 0.4) is 0 Å². The molecule has 0 spiro atoms. The number of fused-ring (bicyclic) bond motifs is 1. The summed E-state index contributed by atoms with van der Waals surface area (Å²) in [5, 5.41) is 9.99. The standard InChI is InChI=1S/C15H11F6N3O3/c16-14(17,18)12-22-8-4-2-1-3-7(8)10(23-12)24-6-5-9(25)11(24)27-13(26)15(19,20)21/h1-4,9,11,25H,5-6H2. The van der Waals surface area contributed by atoms with Crippen molar-refractivity contribution in [1.82, 2.24) is 9.97 Å². The van der Waals surface area contributed by atoms with Crippen molar-refractivity contribution in [3.63, 3.8) is 0 Å². The maximum absolute atomic E-state index is 13.1. The molecule has 2 unspecified atom stereocenters. The fourth-order valence-corrected chi connectivity index (χ4v) is 2.70. The van der Waals surface area contributed by atoms with E-state index in [1.165, 1.54) is 24.3 Å². The summed E-state index contributed by atoms with van der Waals surface area (Å²) < 4.78 is 81.0. The number of aliphatic hydroxyl groups excluding tert-OH is 1. The van der Waals surface area contributed by atoms with E-state index in [-0.39, 0.29) is 29.7 Å². The summed E-state index contributed by atoms with van der Waals surface area (Å²) in [6.07, 6.45) is -13.7. The summed E-state index contributed by atoms with van der Waals surface area (Å²) in [5.41, 5.74) is -0.0999. The highest BCUT2D eigenvalue weighted by molar-refractivity contribution is 5.90. The number of alkyl halides is 6. The summed E-state index contributed by atoms with van der Waals surface area (Å²) in [5.74, 6) is -4.45. The molecule has 2 atom stereocenters. The Morgan fingerprint density at radius 1 is 1.15 bits per heavy atom. The van der Waals surface area contributed by atoms with Crippen molar-refractivity contribution in [2.24, 2.45) is 0 Å². The Labute approximate surface area is 147 Å². The van der Waals surface area contributed by atoms with Crippen LogP contribution in [0, 0.1) is 0 Å². The van der Waals surface area contributed by atoms with Crippen LogP contribution in [-0.2, 0) is 15.7 Å². The van der Waals surface area contributed by atoms with E-state index >= 15 is 0 Å². The number of esters is 1. The third-order valence-electron chi connectivity index (χ3n) is 3.87. The van der Waals surface area contributed by atoms with Gasteiger partial charge in [0.25, 0.3) is 0 Å². The van der Waals surface area contributed by atoms with Gasteiger partial charge in [0, 0.05) is 11.9 Å². The summed E-state index contributed by atoms with van der Waals surface area (Å²) in [7, 11) is 0. The van der Waals surface area contributed by atoms with Gasteiger partial charge in [-0.3, -0.25) is 0 Å². The normalized spacial score (nSPS) is 20.9. The van der Waals surface area contributed by atoms with Gasteiger partial charge in [0.05, 0.1) is 5.52 Å². The molecule has 146 valence electrons. The number of aromatic nitrogens is 2. The Bertz CT molecular complexity index is 870. The van der Waals surface area contributed by atoms with Gasteiger partial charge in [0.2, 0.25) is 12.1 Å². The SMILES string of the molecule is O=C(OC1C(O)CCN1c1nc(C(F)(F)F)nc2ccccc12)C(F)(F)F. The second-order valence-electron chi connectivity index (χ2n) is 5.73. The van der Waals surface area contributed by atoms with Gasteiger partial charge < -0.3 is 14.7 Å². The predicted octanol–water partition coefficient (Wildman–Crippen LogP) is 2.65. The molecule has 3 rings (SSSR count). The second-order valence-corrected chi connectivity index (χ2v) is 5.73. The Hall–Kier alpha value is -2.63. The van der Waals surface area contributed by atoms with Gasteiger partial charge in [-0.15, -0.1) is 0 Å². The number of anilines is 1. The zero-order valence-electron chi connectivity index (χ0n) is 13.3. The molecule has 0 radical (unpaired) electrons. The monoisotopic (exact) mass is 395 g/mol. The number of ether oxygens (including phenoxy) is 1. The van der Waals surface area contributed by atoms with Crippen LogP contribution in [0.5, 0.6) is 0 Å². The second kappa shape index (κ2) is 6.51. The third-order valence-corrected chi connectivity index (χ3v) is 3.87. The maximum Gasteiger partial charge on any atom is 0.491 e. The Kier molecular flexibility index (Phi) is 4.62. The first kappa shape index (κ1) is 19.1. The number of carbonyl (C=O) groups excluding carboxylic acids is 1. The number of benzene rings is 1. The molecule has 1 N–H and O–H groups in total. The van der Waals surface area contributed by atoms with E-state index in [9.17, 15) is 36.2 Å². The number of rotatable bonds is 2. The first-order valence-corrected chi connectivity index (χ1v) is 7.55. The van der Waals surface area contributed by atoms with E-state index in [2.05, 4.69) is 14.7 Å². The van der Waals surface area contributed by atoms with Crippen molar-refractivity contribution in [2.75, 3.05) is 11.4 Å². The quantitative estimate of drug-likeness (QED) is 0.623. The molecule has 1 saturated heterocycles. The molecule has 1 aliphatic heterocycles. The Morgan fingerprint density at radius 2 is 1.81 bits per heavy atom. The zero-order chi connectivity index (χ0) is 20.0. The highest BCUT2D eigenvalue weighted by Gasteiger charge is 2.47. The van der Waals surface area contributed by atoms with Crippen LogP contribution in [0.1, 0.15) is 12.2 Å². The lowest BCUT2D eigenvalue weighted by Crippen LogP contribution is -2.43. The Balaban J connectivity index is 2.08. The Morgan fingerprint density at radius 3 is 2.44 bits per heavy atom. The van der Waals surface area contributed by atoms with Gasteiger partial charge in [-0.2, -0.15) is 26.3 Å². The lowest BCUT2D eigenvalue weighted by atomic mass is 10.2. The summed E-state index contributed by atoms with van der Waals surface area (Å²) >= 11 is 0. The first-order valence-electron chi connectivity index (χ1n) is 7.55. The van der Waals surface area contributed by atoms with E-state index in [0.717, 1.165) is 4.90 Å². The number of hydrogen-bond acceptors (Lipinski definition) is 6. The van der Waals surface area contributed by atoms with Gasteiger partial charge in [0.15, 0.2) is 0 Å². The van der Waals surface area contributed by atoms with Crippen molar-refractivity contribution in [1.29, 1.82) is 0 Å². The molecule has 12 heteroatoms. The van der Waals surface area contributed by atoms with Gasteiger partial charge >= 0.3 is 18.3 Å². The fraction of sp³-hybridized carbons (Fsp3) is 0.400. The fourth-order valence-electron chi connectivity index (χ4n) is 2.70. The molecule has 2 aromatic rings. The van der Waals surface area contributed by atoms with Crippen LogP contribution < -0.4 is 4.90 Å². The van der Waals surface area contributed by atoms with Crippen molar-refractivity contribution >= 4 is 22.7 Å². The van der Waals surface area contributed by atoms with Crippen molar-refractivity contribution in [3.05, 3.63) is 30.1 Å². The highest BCUT2D eigenvalue weighted by atomic mass is 19.4. The molecule has 6 nitrogen and oxygen atoms in total. The molecule has 1 fully saturated rings. The number of halogens is 6. The smallest absolute Gasteiger partial charge is 0.432 e. The predicted molar refractivity (Wildman–Crippen MR) is 78.4 cm³/mol. The molecule has 1 aromatic carbocycles. The van der Waals surface area contributed by atoms with Crippen LogP contribution in [0.2, 0.25) is 0 Å². The lowest BCUT2D eigenvalue weighted by Gasteiger charge is -2.28. The number of aliphatic hydroxyl groups is 1. The molecule has 27 heavy (non-hydrogen) atoms. The van der Waals surface area contributed by atoms with E-state index in [0.29, 0.717) is 0 Å². The number of para-hydroxylation sites is 1. The molecule has 0 saturated carbocycles. The first-order chi connectivity index (χ1) is 12.5. The molecule has 1 aromatic heterocycles. The highest BCUT2D eigenvalue weighted by Crippen LogP contribution is 2.35. The van der Waals surface area contributed by atoms with Crippen LogP contribution in [0.4, 0.5) is 32.2 Å². The maximum atomic E-state index is 13.1. The molecular weight excluding hydrogens is 384 g/mol. The van der Waals surface area contributed by atoms with Crippen LogP contribution >= 0.6 is 0 Å². The minimum Gasteiger partial charge on any atom is -0.432 e. The average molecular weight is 395 g/mol. The number of hydrogen-bond donors (Lipinski definition) is 1. The van der Waals surface area contributed by atoms with Crippen molar-refractivity contribution < 1.29 is 41.0 Å². The van der Waals surface area contributed by atoms with E-state index in [1.54, 1.807) is 0 Å². The number of carbonyl (C=O) groups is 1. The van der Waals surface area contributed by atoms with Crippen molar-refractivity contribution in [3.8, 4) is 0 Å². The number of nitrogens with zero attached hydrogens (tertiary/aromatic N) is 3. The molecular formula is C15H11F6N3O3. The van der Waals surface area contributed by atoms with Gasteiger partial charge in [-0.05, 0) is 18.6 Å². The van der Waals surface area contributed by atoms with Crippen molar-refractivity contribution in [2.45, 2.75) is 31.1 Å². The van der Waals surface area contributed by atoms with Crippen LogP contribution in [0.15, 0.2) is 24.3 Å². The summed E-state index contributed by atoms with van der Waals surface area (Å²) in [6.45, 7) is -0.171. The average Bonchev–Trinajstić information content (AvgIpc) is 2.93. The molecule has 1 aliphatic rings.